The Hall–Kier alpha value is -2.07. The Morgan fingerprint density at radius 1 is 0.919 bits per heavy atom. The molecule has 0 aromatic heterocycles. The molecule has 1 aromatic carbocycles. The molecule has 9 unspecified atom stereocenters. The summed E-state index contributed by atoms with van der Waals surface area (Å²) in [5, 5.41) is 83.8. The number of hydrogen-bond acceptors (Lipinski definition) is 12. The van der Waals surface area contributed by atoms with Crippen molar-refractivity contribution in [2.24, 2.45) is 0 Å². The number of aliphatic hydroxyl groups excluding tert-OH is 3. The molecule has 3 rings (SSSR count). The van der Waals surface area contributed by atoms with Crippen LogP contribution in [0.4, 0.5) is 0 Å². The molecule has 210 valence electrons. The molecule has 13 heteroatoms. The van der Waals surface area contributed by atoms with Gasteiger partial charge in [0.05, 0.1) is 17.8 Å². The van der Waals surface area contributed by atoms with Gasteiger partial charge in [-0.15, -0.1) is 0 Å². The first-order valence-electron chi connectivity index (χ1n) is 11.6. The predicted molar refractivity (Wildman–Crippen MR) is 124 cm³/mol. The normalized spacial score (nSPS) is 43.8. The first-order valence-corrected chi connectivity index (χ1v) is 11.6. The fourth-order valence-corrected chi connectivity index (χ4v) is 4.63. The van der Waals surface area contributed by atoms with E-state index < -0.39 is 77.2 Å². The van der Waals surface area contributed by atoms with Crippen molar-refractivity contribution >= 4 is 5.97 Å². The lowest BCUT2D eigenvalue weighted by Gasteiger charge is -2.64. The van der Waals surface area contributed by atoms with Crippen molar-refractivity contribution in [3.63, 3.8) is 0 Å². The van der Waals surface area contributed by atoms with Crippen molar-refractivity contribution in [2.75, 3.05) is 6.61 Å². The summed E-state index contributed by atoms with van der Waals surface area (Å²) in [4.78, 5) is 11.1. The first-order chi connectivity index (χ1) is 16.7. The maximum Gasteiger partial charge on any atom is 0.335 e. The molecule has 0 aliphatic carbocycles. The van der Waals surface area contributed by atoms with Crippen LogP contribution in [0.2, 0.25) is 0 Å². The smallest absolute Gasteiger partial charge is 0.335 e. The molecule has 0 amide bonds. The van der Waals surface area contributed by atoms with E-state index >= 15 is 0 Å². The van der Waals surface area contributed by atoms with Crippen LogP contribution >= 0.6 is 0 Å². The highest BCUT2D eigenvalue weighted by Gasteiger charge is 2.73. The summed E-state index contributed by atoms with van der Waals surface area (Å²) in [7, 11) is 0. The van der Waals surface area contributed by atoms with E-state index in [1.807, 2.05) is 0 Å². The molecule has 0 radical (unpaired) electrons. The van der Waals surface area contributed by atoms with Gasteiger partial charge in [-0.05, 0) is 59.7 Å². The molecular formula is C24H36O13. The number of ether oxygens (including phenoxy) is 4. The molecule has 2 aliphatic heterocycles. The van der Waals surface area contributed by atoms with Crippen molar-refractivity contribution in [2.45, 2.75) is 100 Å². The molecule has 1 aromatic rings. The SMILES string of the molecule is CC1(C)OC(C)(OCC2OC(Oc3ccc(C(=O)O)cc3O)C(O)C(O)C2O)C(C)(O)C(C)(O)C1(C)O. The summed E-state index contributed by atoms with van der Waals surface area (Å²) in [6.07, 6.45) is -8.24. The minimum absolute atomic E-state index is 0.220. The van der Waals surface area contributed by atoms with Crippen molar-refractivity contribution in [3.8, 4) is 11.5 Å². The largest absolute Gasteiger partial charge is 0.504 e. The van der Waals surface area contributed by atoms with Gasteiger partial charge in [0.2, 0.25) is 6.29 Å². The van der Waals surface area contributed by atoms with Crippen LogP contribution in [0, 0.1) is 0 Å². The number of hydrogen-bond donors (Lipinski definition) is 8. The molecular weight excluding hydrogens is 496 g/mol. The van der Waals surface area contributed by atoms with E-state index in [1.54, 1.807) is 0 Å². The Morgan fingerprint density at radius 2 is 1.51 bits per heavy atom. The van der Waals surface area contributed by atoms with Gasteiger partial charge in [0, 0.05) is 0 Å². The van der Waals surface area contributed by atoms with Crippen molar-refractivity contribution in [3.05, 3.63) is 23.8 Å². The van der Waals surface area contributed by atoms with E-state index in [2.05, 4.69) is 0 Å². The molecule has 2 aliphatic rings. The maximum absolute atomic E-state index is 11.3. The van der Waals surface area contributed by atoms with Crippen molar-refractivity contribution < 1.29 is 64.6 Å². The molecule has 0 spiro atoms. The second-order valence-corrected chi connectivity index (χ2v) is 10.7. The summed E-state index contributed by atoms with van der Waals surface area (Å²) in [6.45, 7) is 7.53. The number of rotatable bonds is 6. The summed E-state index contributed by atoms with van der Waals surface area (Å²) in [5.74, 6) is -4.08. The highest BCUT2D eigenvalue weighted by atomic mass is 16.7. The zero-order chi connectivity index (χ0) is 28.4. The van der Waals surface area contributed by atoms with Gasteiger partial charge in [-0.1, -0.05) is 0 Å². The molecule has 0 bridgehead atoms. The number of aliphatic hydroxyl groups is 6. The molecule has 9 atom stereocenters. The number of carbonyl (C=O) groups is 1. The van der Waals surface area contributed by atoms with E-state index in [0.717, 1.165) is 18.2 Å². The zero-order valence-electron chi connectivity index (χ0n) is 21.4. The van der Waals surface area contributed by atoms with Crippen LogP contribution in [0.5, 0.6) is 11.5 Å². The number of carboxylic acids is 1. The maximum atomic E-state index is 11.3. The lowest BCUT2D eigenvalue weighted by atomic mass is 9.61. The number of benzene rings is 1. The molecule has 37 heavy (non-hydrogen) atoms. The predicted octanol–water partition coefficient (Wildman–Crippen LogP) is -0.929. The Labute approximate surface area is 213 Å². The van der Waals surface area contributed by atoms with Gasteiger partial charge >= 0.3 is 5.97 Å². The van der Waals surface area contributed by atoms with Gasteiger partial charge in [0.15, 0.2) is 17.3 Å². The molecule has 8 N–H and O–H groups in total. The van der Waals surface area contributed by atoms with Gasteiger partial charge in [0.25, 0.3) is 0 Å². The van der Waals surface area contributed by atoms with Crippen LogP contribution in [0.15, 0.2) is 18.2 Å². The van der Waals surface area contributed by atoms with Gasteiger partial charge in [-0.3, -0.25) is 0 Å². The second-order valence-electron chi connectivity index (χ2n) is 10.7. The quantitative estimate of drug-likeness (QED) is 0.222. The third-order valence-corrected chi connectivity index (χ3v) is 8.04. The number of aromatic carboxylic acids is 1. The standard InChI is InChI=1S/C24H36O13/c1-20(2)21(3,31)22(4,32)23(5,33)24(6,37-20)34-10-14-15(26)16(27)17(28)19(36-14)35-13-8-7-11(18(29)30)9-12(13)25/h7-9,14-17,19,25-28,31-33H,10H2,1-6H3,(H,29,30). The number of carboxylic acid groups (broad SMARTS) is 1. The third-order valence-electron chi connectivity index (χ3n) is 8.04. The van der Waals surface area contributed by atoms with Gasteiger partial charge in [-0.2, -0.15) is 0 Å². The van der Waals surface area contributed by atoms with Crippen molar-refractivity contribution in [1.29, 1.82) is 0 Å². The van der Waals surface area contributed by atoms with Gasteiger partial charge in [0.1, 0.15) is 41.2 Å². The Morgan fingerprint density at radius 3 is 2.05 bits per heavy atom. The number of phenols is 1. The van der Waals surface area contributed by atoms with Crippen LogP contribution in [-0.2, 0) is 14.2 Å². The van der Waals surface area contributed by atoms with Crippen LogP contribution in [0.3, 0.4) is 0 Å². The molecule has 2 heterocycles. The molecule has 13 nitrogen and oxygen atoms in total. The van der Waals surface area contributed by atoms with E-state index in [1.165, 1.54) is 41.5 Å². The van der Waals surface area contributed by atoms with E-state index in [0.29, 0.717) is 0 Å². The third kappa shape index (κ3) is 4.58. The Balaban J connectivity index is 1.82. The lowest BCUT2D eigenvalue weighted by Crippen LogP contribution is -2.83. The average molecular weight is 533 g/mol. The highest BCUT2D eigenvalue weighted by molar-refractivity contribution is 5.88. The highest BCUT2D eigenvalue weighted by Crippen LogP contribution is 2.53. The summed E-state index contributed by atoms with van der Waals surface area (Å²) >= 11 is 0. The zero-order valence-corrected chi connectivity index (χ0v) is 21.4. The van der Waals surface area contributed by atoms with Crippen LogP contribution < -0.4 is 4.74 Å². The Bertz CT molecular complexity index is 1020. The summed E-state index contributed by atoms with van der Waals surface area (Å²) < 4.78 is 22.8. The lowest BCUT2D eigenvalue weighted by molar-refractivity contribution is -0.455. The second kappa shape index (κ2) is 9.29. The van der Waals surface area contributed by atoms with E-state index in [-0.39, 0.29) is 11.3 Å². The molecule has 2 saturated heterocycles. The Kier molecular flexibility index (Phi) is 7.40. The van der Waals surface area contributed by atoms with Crippen LogP contribution in [0.25, 0.3) is 0 Å². The molecule has 0 saturated carbocycles. The summed E-state index contributed by atoms with van der Waals surface area (Å²) in [5.41, 5.74) is -7.93. The van der Waals surface area contributed by atoms with Gasteiger partial charge in [-0.25, -0.2) is 4.79 Å². The first kappa shape index (κ1) is 29.5. The monoisotopic (exact) mass is 532 g/mol. The fourth-order valence-electron chi connectivity index (χ4n) is 4.63. The van der Waals surface area contributed by atoms with Gasteiger partial charge < -0.3 is 59.8 Å². The minimum Gasteiger partial charge on any atom is -0.504 e. The minimum atomic E-state index is -2.20. The fraction of sp³-hybridized carbons (Fsp3) is 0.708. The van der Waals surface area contributed by atoms with Crippen LogP contribution in [-0.4, -0.2) is 112 Å². The molecule has 2 fully saturated rings. The topological polar surface area (TPSA) is 216 Å². The number of phenolic OH excluding ortho intramolecular Hbond substituents is 1. The van der Waals surface area contributed by atoms with E-state index in [4.69, 9.17) is 24.1 Å². The van der Waals surface area contributed by atoms with Crippen LogP contribution in [0.1, 0.15) is 51.9 Å². The number of aromatic hydroxyl groups is 1. The van der Waals surface area contributed by atoms with E-state index in [9.17, 15) is 40.5 Å². The average Bonchev–Trinajstić information content (AvgIpc) is 2.78. The van der Waals surface area contributed by atoms with Crippen molar-refractivity contribution in [1.82, 2.24) is 0 Å². The summed E-state index contributed by atoms with van der Waals surface area (Å²) in [6, 6.07) is 3.19.